The van der Waals surface area contributed by atoms with Gasteiger partial charge in [0.25, 0.3) is 5.92 Å². The quantitative estimate of drug-likeness (QED) is 0.765. The van der Waals surface area contributed by atoms with Crippen molar-refractivity contribution in [3.05, 3.63) is 30.3 Å². The summed E-state index contributed by atoms with van der Waals surface area (Å²) in [5.41, 5.74) is -0.00762. The van der Waals surface area contributed by atoms with Crippen LogP contribution in [-0.4, -0.2) is 18.5 Å². The molecular formula is C15H19F2N. The Morgan fingerprint density at radius 3 is 2.56 bits per heavy atom. The van der Waals surface area contributed by atoms with Crippen molar-refractivity contribution in [2.75, 3.05) is 11.9 Å². The Balaban J connectivity index is 1.94. The molecule has 3 rings (SSSR count). The molecule has 98 valence electrons. The summed E-state index contributed by atoms with van der Waals surface area (Å²) in [6, 6.07) is 9.59. The van der Waals surface area contributed by atoms with Crippen LogP contribution >= 0.6 is 0 Å². The van der Waals surface area contributed by atoms with Crippen molar-refractivity contribution in [2.24, 2.45) is 5.92 Å². The van der Waals surface area contributed by atoms with Crippen LogP contribution < -0.4 is 4.90 Å². The summed E-state index contributed by atoms with van der Waals surface area (Å²) in [4.78, 5) is 1.84. The fourth-order valence-electron chi connectivity index (χ4n) is 3.71. The number of para-hydroxylation sites is 1. The smallest absolute Gasteiger partial charge is 0.276 e. The fourth-order valence-corrected chi connectivity index (χ4v) is 3.71. The van der Waals surface area contributed by atoms with Gasteiger partial charge in [-0.2, -0.15) is 0 Å². The highest BCUT2D eigenvalue weighted by Gasteiger charge is 2.81. The largest absolute Gasteiger partial charge is 0.362 e. The normalized spacial score (nSPS) is 33.4. The van der Waals surface area contributed by atoms with E-state index in [1.54, 1.807) is 0 Å². The van der Waals surface area contributed by atoms with Gasteiger partial charge in [0, 0.05) is 12.7 Å². The first kappa shape index (κ1) is 11.9. The number of nitrogens with zero attached hydrogens (tertiary/aromatic N) is 1. The van der Waals surface area contributed by atoms with Crippen LogP contribution in [0.3, 0.4) is 0 Å². The van der Waals surface area contributed by atoms with E-state index in [-0.39, 0.29) is 0 Å². The van der Waals surface area contributed by atoms with Gasteiger partial charge >= 0.3 is 0 Å². The summed E-state index contributed by atoms with van der Waals surface area (Å²) in [5.74, 6) is -2.96. The number of hydrogen-bond donors (Lipinski definition) is 0. The maximum absolute atomic E-state index is 14.2. The predicted molar refractivity (Wildman–Crippen MR) is 69.1 cm³/mol. The number of rotatable bonds is 2. The van der Waals surface area contributed by atoms with E-state index in [2.05, 4.69) is 0 Å². The van der Waals surface area contributed by atoms with Gasteiger partial charge in [0.05, 0.1) is 5.92 Å². The number of fused-ring (bicyclic) bond motifs is 1. The Bertz CT molecular complexity index is 431. The third-order valence-electron chi connectivity index (χ3n) is 4.80. The SMILES string of the molecule is CN(c1ccccc1)C12CCCCCC1C2(F)F. The molecule has 0 amide bonds. The van der Waals surface area contributed by atoms with Crippen LogP contribution in [0.25, 0.3) is 0 Å². The Kier molecular flexibility index (Phi) is 2.61. The van der Waals surface area contributed by atoms with E-state index in [1.165, 1.54) is 0 Å². The Morgan fingerprint density at radius 1 is 1.11 bits per heavy atom. The van der Waals surface area contributed by atoms with E-state index in [1.807, 2.05) is 42.3 Å². The molecule has 18 heavy (non-hydrogen) atoms. The molecule has 2 aliphatic rings. The molecule has 0 saturated heterocycles. The van der Waals surface area contributed by atoms with Crippen molar-refractivity contribution < 1.29 is 8.78 Å². The average Bonchev–Trinajstić information content (AvgIpc) is 2.96. The molecule has 0 aliphatic heterocycles. The summed E-state index contributed by atoms with van der Waals surface area (Å²) in [5, 5.41) is 0. The summed E-state index contributed by atoms with van der Waals surface area (Å²) in [6.45, 7) is 0. The standard InChI is InChI=1S/C15H19F2N/c1-18(12-8-4-2-5-9-12)14-11-7-3-6-10-13(14)15(14,16)17/h2,4-5,8-9,13H,3,6-7,10-11H2,1H3. The maximum atomic E-state index is 14.2. The Labute approximate surface area is 107 Å². The van der Waals surface area contributed by atoms with Crippen LogP contribution in [0.4, 0.5) is 14.5 Å². The van der Waals surface area contributed by atoms with Gasteiger partial charge in [-0.15, -0.1) is 0 Å². The second-order valence-electron chi connectivity index (χ2n) is 5.59. The molecule has 2 fully saturated rings. The highest BCUT2D eigenvalue weighted by atomic mass is 19.3. The zero-order chi connectivity index (χ0) is 12.8. The van der Waals surface area contributed by atoms with E-state index in [9.17, 15) is 8.78 Å². The minimum Gasteiger partial charge on any atom is -0.362 e. The van der Waals surface area contributed by atoms with Gasteiger partial charge in [-0.25, -0.2) is 8.78 Å². The minimum absolute atomic E-state index is 0.447. The number of alkyl halides is 2. The van der Waals surface area contributed by atoms with Crippen LogP contribution in [0, 0.1) is 5.92 Å². The molecule has 2 atom stereocenters. The lowest BCUT2D eigenvalue weighted by Crippen LogP contribution is -2.39. The topological polar surface area (TPSA) is 3.24 Å². The lowest BCUT2D eigenvalue weighted by molar-refractivity contribution is 0.0702. The van der Waals surface area contributed by atoms with Crippen LogP contribution in [0.15, 0.2) is 30.3 Å². The molecule has 0 bridgehead atoms. The van der Waals surface area contributed by atoms with E-state index in [0.29, 0.717) is 12.8 Å². The lowest BCUT2D eigenvalue weighted by Gasteiger charge is -2.31. The molecule has 0 spiro atoms. The van der Waals surface area contributed by atoms with Gasteiger partial charge in [-0.1, -0.05) is 37.5 Å². The van der Waals surface area contributed by atoms with Crippen LogP contribution in [0.2, 0.25) is 0 Å². The predicted octanol–water partition coefficient (Wildman–Crippen LogP) is 4.09. The molecule has 2 aliphatic carbocycles. The molecule has 2 unspecified atom stereocenters. The monoisotopic (exact) mass is 251 g/mol. The molecule has 0 radical (unpaired) electrons. The second kappa shape index (κ2) is 3.94. The third kappa shape index (κ3) is 1.42. The van der Waals surface area contributed by atoms with E-state index in [0.717, 1.165) is 24.9 Å². The summed E-state index contributed by atoms with van der Waals surface area (Å²) >= 11 is 0. The third-order valence-corrected chi connectivity index (χ3v) is 4.80. The van der Waals surface area contributed by atoms with Gasteiger partial charge in [-0.3, -0.25) is 0 Å². The molecule has 0 aromatic heterocycles. The minimum atomic E-state index is -2.52. The summed E-state index contributed by atoms with van der Waals surface area (Å²) in [7, 11) is 1.83. The zero-order valence-corrected chi connectivity index (χ0v) is 10.7. The molecule has 1 nitrogen and oxygen atoms in total. The van der Waals surface area contributed by atoms with Gasteiger partial charge in [0.15, 0.2) is 0 Å². The lowest BCUT2D eigenvalue weighted by atomic mass is 10.0. The number of benzene rings is 1. The first-order valence-electron chi connectivity index (χ1n) is 6.77. The Hall–Kier alpha value is -1.12. The average molecular weight is 251 g/mol. The molecule has 3 heteroatoms. The second-order valence-corrected chi connectivity index (χ2v) is 5.59. The maximum Gasteiger partial charge on any atom is 0.276 e. The highest BCUT2D eigenvalue weighted by Crippen LogP contribution is 2.67. The number of halogens is 2. The first-order chi connectivity index (χ1) is 8.61. The van der Waals surface area contributed by atoms with Gasteiger partial charge in [0.1, 0.15) is 5.54 Å². The molecule has 0 N–H and O–H groups in total. The van der Waals surface area contributed by atoms with Crippen molar-refractivity contribution in [3.8, 4) is 0 Å². The van der Waals surface area contributed by atoms with Crippen molar-refractivity contribution in [2.45, 2.75) is 43.6 Å². The van der Waals surface area contributed by atoms with E-state index in [4.69, 9.17) is 0 Å². The van der Waals surface area contributed by atoms with Gasteiger partial charge in [-0.05, 0) is 25.0 Å². The van der Waals surface area contributed by atoms with Crippen LogP contribution in [-0.2, 0) is 0 Å². The van der Waals surface area contributed by atoms with Gasteiger partial charge in [0.2, 0.25) is 0 Å². The van der Waals surface area contributed by atoms with E-state index < -0.39 is 17.4 Å². The first-order valence-corrected chi connectivity index (χ1v) is 6.77. The van der Waals surface area contributed by atoms with Crippen molar-refractivity contribution in [3.63, 3.8) is 0 Å². The fraction of sp³-hybridized carbons (Fsp3) is 0.600. The number of hydrogen-bond acceptors (Lipinski definition) is 1. The summed E-state index contributed by atoms with van der Waals surface area (Å²) in [6.07, 6.45) is 4.26. The van der Waals surface area contributed by atoms with Crippen molar-refractivity contribution >= 4 is 5.69 Å². The molecule has 1 aromatic carbocycles. The highest BCUT2D eigenvalue weighted by molar-refractivity contribution is 5.53. The van der Waals surface area contributed by atoms with E-state index >= 15 is 0 Å². The van der Waals surface area contributed by atoms with Crippen molar-refractivity contribution in [1.82, 2.24) is 0 Å². The van der Waals surface area contributed by atoms with Crippen molar-refractivity contribution in [1.29, 1.82) is 0 Å². The summed E-state index contributed by atoms with van der Waals surface area (Å²) < 4.78 is 28.5. The zero-order valence-electron chi connectivity index (χ0n) is 10.7. The Morgan fingerprint density at radius 2 is 1.83 bits per heavy atom. The van der Waals surface area contributed by atoms with Crippen LogP contribution in [0.1, 0.15) is 32.1 Å². The number of anilines is 1. The molecule has 0 heterocycles. The molecule has 1 aromatic rings. The van der Waals surface area contributed by atoms with Gasteiger partial charge < -0.3 is 4.90 Å². The molecule has 2 saturated carbocycles. The van der Waals surface area contributed by atoms with Crippen LogP contribution in [0.5, 0.6) is 0 Å². The molecular weight excluding hydrogens is 232 g/mol.